The zero-order valence-electron chi connectivity index (χ0n) is 17.4. The number of fused-ring (bicyclic) bond motifs is 1. The second-order valence-electron chi connectivity index (χ2n) is 7.66. The van der Waals surface area contributed by atoms with E-state index in [1.165, 1.54) is 0 Å². The van der Waals surface area contributed by atoms with Crippen molar-refractivity contribution >= 4 is 17.7 Å². The molecule has 1 saturated heterocycles. The molecule has 0 saturated carbocycles. The van der Waals surface area contributed by atoms with Crippen molar-refractivity contribution in [2.45, 2.75) is 45.1 Å². The van der Waals surface area contributed by atoms with Crippen LogP contribution in [0.25, 0.3) is 0 Å². The highest BCUT2D eigenvalue weighted by molar-refractivity contribution is 5.94. The lowest BCUT2D eigenvalue weighted by molar-refractivity contribution is -0.134. The number of aromatic nitrogens is 2. The Labute approximate surface area is 171 Å². The quantitative estimate of drug-likeness (QED) is 0.635. The van der Waals surface area contributed by atoms with E-state index in [2.05, 4.69) is 10.4 Å². The summed E-state index contributed by atoms with van der Waals surface area (Å²) >= 11 is 0. The summed E-state index contributed by atoms with van der Waals surface area (Å²) in [4.78, 5) is 41.0. The maximum Gasteiger partial charge on any atom is 0.274 e. The highest BCUT2D eigenvalue weighted by atomic mass is 16.5. The molecule has 2 aliphatic rings. The minimum atomic E-state index is -0.126. The van der Waals surface area contributed by atoms with Crippen LogP contribution in [-0.4, -0.2) is 77.2 Å². The number of ether oxygens (including phenoxy) is 1. The van der Waals surface area contributed by atoms with Gasteiger partial charge in [-0.3, -0.25) is 19.1 Å². The van der Waals surface area contributed by atoms with Crippen LogP contribution in [-0.2, 0) is 34.3 Å². The first-order valence-electron chi connectivity index (χ1n) is 10.4. The fraction of sp³-hybridized carbons (Fsp3) is 0.700. The summed E-state index contributed by atoms with van der Waals surface area (Å²) in [6.45, 7) is 3.65. The molecule has 3 amide bonds. The number of nitrogens with one attached hydrogen (secondary N) is 1. The van der Waals surface area contributed by atoms with Crippen molar-refractivity contribution in [3.8, 4) is 0 Å². The third-order valence-electron chi connectivity index (χ3n) is 5.60. The summed E-state index contributed by atoms with van der Waals surface area (Å²) in [5, 5.41) is 7.26. The molecule has 0 bridgehead atoms. The molecule has 3 rings (SSSR count). The third-order valence-corrected chi connectivity index (χ3v) is 5.60. The average Bonchev–Trinajstić information content (AvgIpc) is 3.37. The SMILES string of the molecule is COCCCNC(=O)CCC(=O)N1CCc2c(c(C(=O)N3CCCC3)nn2C)C1. The largest absolute Gasteiger partial charge is 0.385 e. The zero-order chi connectivity index (χ0) is 20.8. The van der Waals surface area contributed by atoms with Crippen LogP contribution in [0.4, 0.5) is 0 Å². The Hall–Kier alpha value is -2.42. The van der Waals surface area contributed by atoms with E-state index in [0.29, 0.717) is 38.4 Å². The van der Waals surface area contributed by atoms with Gasteiger partial charge < -0.3 is 19.9 Å². The van der Waals surface area contributed by atoms with Crippen molar-refractivity contribution in [1.29, 1.82) is 0 Å². The third kappa shape index (κ3) is 5.14. The predicted molar refractivity (Wildman–Crippen MR) is 106 cm³/mol. The molecule has 1 aromatic rings. The summed E-state index contributed by atoms with van der Waals surface area (Å²) in [6, 6.07) is 0. The Bertz CT molecular complexity index is 754. The van der Waals surface area contributed by atoms with Gasteiger partial charge >= 0.3 is 0 Å². The number of carbonyl (C=O) groups excluding carboxylic acids is 3. The van der Waals surface area contributed by atoms with Crippen molar-refractivity contribution < 1.29 is 19.1 Å². The van der Waals surface area contributed by atoms with Gasteiger partial charge in [0.25, 0.3) is 5.91 Å². The second kappa shape index (κ2) is 9.87. The Morgan fingerprint density at radius 1 is 1.10 bits per heavy atom. The van der Waals surface area contributed by atoms with Gasteiger partial charge in [0.1, 0.15) is 0 Å². The van der Waals surface area contributed by atoms with Gasteiger partial charge in [0.15, 0.2) is 5.69 Å². The Balaban J connectivity index is 1.56. The van der Waals surface area contributed by atoms with Gasteiger partial charge in [-0.25, -0.2) is 0 Å². The summed E-state index contributed by atoms with van der Waals surface area (Å²) in [5.41, 5.74) is 2.35. The first-order valence-corrected chi connectivity index (χ1v) is 10.4. The van der Waals surface area contributed by atoms with Gasteiger partial charge in [0.05, 0.1) is 0 Å². The predicted octanol–water partition coefficient (Wildman–Crippen LogP) is 0.474. The Morgan fingerprint density at radius 3 is 2.59 bits per heavy atom. The molecule has 0 atom stereocenters. The minimum absolute atomic E-state index is 0.0379. The van der Waals surface area contributed by atoms with E-state index in [1.807, 2.05) is 11.9 Å². The maximum atomic E-state index is 12.9. The first-order chi connectivity index (χ1) is 14.0. The summed E-state index contributed by atoms with van der Waals surface area (Å²) < 4.78 is 6.72. The van der Waals surface area contributed by atoms with Crippen molar-refractivity contribution in [1.82, 2.24) is 24.9 Å². The molecule has 160 valence electrons. The number of hydrogen-bond acceptors (Lipinski definition) is 5. The maximum absolute atomic E-state index is 12.9. The fourth-order valence-corrected chi connectivity index (χ4v) is 3.96. The van der Waals surface area contributed by atoms with Gasteiger partial charge in [-0.1, -0.05) is 0 Å². The topological polar surface area (TPSA) is 96.8 Å². The molecule has 0 aliphatic carbocycles. The van der Waals surface area contributed by atoms with Gasteiger partial charge in [0.2, 0.25) is 11.8 Å². The lowest BCUT2D eigenvalue weighted by atomic mass is 10.0. The molecule has 1 N–H and O–H groups in total. The van der Waals surface area contributed by atoms with E-state index in [9.17, 15) is 14.4 Å². The number of hydrogen-bond donors (Lipinski definition) is 1. The molecular weight excluding hydrogens is 374 g/mol. The van der Waals surface area contributed by atoms with Gasteiger partial charge in [-0.2, -0.15) is 5.10 Å². The number of methoxy groups -OCH3 is 1. The van der Waals surface area contributed by atoms with Crippen LogP contribution in [0, 0.1) is 0 Å². The molecule has 0 aromatic carbocycles. The van der Waals surface area contributed by atoms with Gasteiger partial charge in [-0.15, -0.1) is 0 Å². The highest BCUT2D eigenvalue weighted by Crippen LogP contribution is 2.25. The van der Waals surface area contributed by atoms with E-state index in [1.54, 1.807) is 16.7 Å². The molecule has 3 heterocycles. The van der Waals surface area contributed by atoms with Crippen LogP contribution in [0.3, 0.4) is 0 Å². The standard InChI is InChI=1S/C20H31N5O4/c1-23-16-8-12-25(18(27)7-6-17(26)21-9-5-13-29-2)14-15(16)19(22-23)20(28)24-10-3-4-11-24/h3-14H2,1-2H3,(H,21,26). The van der Waals surface area contributed by atoms with E-state index >= 15 is 0 Å². The summed E-state index contributed by atoms with van der Waals surface area (Å²) in [7, 11) is 3.47. The van der Waals surface area contributed by atoms with Crippen molar-refractivity contribution in [2.75, 3.05) is 39.9 Å². The normalized spacial score (nSPS) is 16.1. The Kier molecular flexibility index (Phi) is 7.24. The van der Waals surface area contributed by atoms with E-state index in [4.69, 9.17) is 4.74 Å². The molecule has 2 aliphatic heterocycles. The van der Waals surface area contributed by atoms with Crippen molar-refractivity contribution in [3.63, 3.8) is 0 Å². The number of aryl methyl sites for hydroxylation is 1. The molecule has 1 fully saturated rings. The summed E-state index contributed by atoms with van der Waals surface area (Å²) in [5.74, 6) is -0.228. The number of amides is 3. The van der Waals surface area contributed by atoms with Gasteiger partial charge in [-0.05, 0) is 19.3 Å². The Morgan fingerprint density at radius 2 is 1.86 bits per heavy atom. The van der Waals surface area contributed by atoms with E-state index in [0.717, 1.165) is 43.6 Å². The fourth-order valence-electron chi connectivity index (χ4n) is 3.96. The minimum Gasteiger partial charge on any atom is -0.385 e. The molecule has 29 heavy (non-hydrogen) atoms. The molecule has 0 unspecified atom stereocenters. The monoisotopic (exact) mass is 405 g/mol. The van der Waals surface area contributed by atoms with Crippen LogP contribution in [0.2, 0.25) is 0 Å². The highest BCUT2D eigenvalue weighted by Gasteiger charge is 2.31. The lowest BCUT2D eigenvalue weighted by Gasteiger charge is -2.28. The van der Waals surface area contributed by atoms with Crippen LogP contribution in [0.15, 0.2) is 0 Å². The first kappa shape index (κ1) is 21.3. The molecule has 0 spiro atoms. The average molecular weight is 405 g/mol. The number of rotatable bonds is 8. The molecule has 9 nitrogen and oxygen atoms in total. The number of likely N-dealkylation sites (tertiary alicyclic amines) is 1. The van der Waals surface area contributed by atoms with Crippen LogP contribution in [0.1, 0.15) is 53.8 Å². The van der Waals surface area contributed by atoms with E-state index in [-0.39, 0.29) is 30.6 Å². The molecule has 1 aromatic heterocycles. The lowest BCUT2D eigenvalue weighted by Crippen LogP contribution is -2.38. The zero-order valence-corrected chi connectivity index (χ0v) is 17.4. The smallest absolute Gasteiger partial charge is 0.274 e. The number of carbonyl (C=O) groups is 3. The van der Waals surface area contributed by atoms with Crippen molar-refractivity contribution in [3.05, 3.63) is 17.0 Å². The van der Waals surface area contributed by atoms with Crippen LogP contribution >= 0.6 is 0 Å². The van der Waals surface area contributed by atoms with Crippen LogP contribution < -0.4 is 5.32 Å². The molecular formula is C20H31N5O4. The van der Waals surface area contributed by atoms with Crippen molar-refractivity contribution in [2.24, 2.45) is 7.05 Å². The second-order valence-corrected chi connectivity index (χ2v) is 7.66. The summed E-state index contributed by atoms with van der Waals surface area (Å²) in [6.07, 6.45) is 3.81. The van der Waals surface area contributed by atoms with Crippen LogP contribution in [0.5, 0.6) is 0 Å². The van der Waals surface area contributed by atoms with Gasteiger partial charge in [0, 0.05) is 84.0 Å². The number of nitrogens with zero attached hydrogens (tertiary/aromatic N) is 4. The molecule has 9 heteroatoms. The van der Waals surface area contributed by atoms with E-state index < -0.39 is 0 Å². The molecule has 0 radical (unpaired) electrons.